The van der Waals surface area contributed by atoms with Gasteiger partial charge in [-0.1, -0.05) is 18.2 Å². The normalized spacial score (nSPS) is 19.4. The Kier molecular flexibility index (Phi) is 5.84. The summed E-state index contributed by atoms with van der Waals surface area (Å²) < 4.78 is 33.8. The molecule has 12 heteroatoms. The van der Waals surface area contributed by atoms with Crippen LogP contribution >= 0.6 is 0 Å². The van der Waals surface area contributed by atoms with Crippen molar-refractivity contribution in [3.05, 3.63) is 60.3 Å². The number of carbonyl (C=O) groups is 1. The maximum absolute atomic E-state index is 13.1. The van der Waals surface area contributed by atoms with Gasteiger partial charge in [-0.15, -0.1) is 0 Å². The van der Waals surface area contributed by atoms with Gasteiger partial charge in [0.2, 0.25) is 16.0 Å². The Morgan fingerprint density at radius 2 is 1.92 bits per heavy atom. The van der Waals surface area contributed by atoms with E-state index in [-0.39, 0.29) is 11.6 Å². The highest BCUT2D eigenvalue weighted by molar-refractivity contribution is 7.89. The molecule has 1 aliphatic carbocycles. The van der Waals surface area contributed by atoms with Gasteiger partial charge in [-0.3, -0.25) is 4.79 Å². The van der Waals surface area contributed by atoms with Crippen LogP contribution in [0.4, 0.5) is 23.1 Å². The lowest BCUT2D eigenvalue weighted by molar-refractivity contribution is 0.100. The number of anilines is 4. The van der Waals surface area contributed by atoms with Crippen molar-refractivity contribution in [2.45, 2.75) is 29.8 Å². The fraction of sp³-hybridized carbons (Fsp3) is 0.320. The maximum atomic E-state index is 13.1. The van der Waals surface area contributed by atoms with E-state index in [0.29, 0.717) is 54.7 Å². The van der Waals surface area contributed by atoms with Crippen LogP contribution in [0.2, 0.25) is 0 Å². The van der Waals surface area contributed by atoms with Crippen LogP contribution in [0.15, 0.2) is 59.6 Å². The molecule has 4 N–H and O–H groups in total. The smallest absolute Gasteiger partial charge is 0.254 e. The average molecular weight is 522 g/mol. The van der Waals surface area contributed by atoms with Crippen LogP contribution in [0.25, 0.3) is 0 Å². The molecule has 0 radical (unpaired) electrons. The number of amides is 1. The first-order chi connectivity index (χ1) is 17.9. The number of ether oxygens (including phenoxy) is 1. The zero-order chi connectivity index (χ0) is 25.6. The van der Waals surface area contributed by atoms with Crippen LogP contribution in [-0.4, -0.2) is 66.9 Å². The molecule has 3 heterocycles. The molecule has 3 aliphatic rings. The molecule has 192 valence electrons. The molecular weight excluding hydrogens is 494 g/mol. The third kappa shape index (κ3) is 4.65. The first-order valence-corrected chi connectivity index (χ1v) is 13.6. The lowest BCUT2D eigenvalue weighted by Crippen LogP contribution is -2.58. The molecule has 0 bridgehead atoms. The van der Waals surface area contributed by atoms with Gasteiger partial charge in [-0.05, 0) is 37.1 Å². The molecule has 1 amide bonds. The van der Waals surface area contributed by atoms with Crippen molar-refractivity contribution in [2.24, 2.45) is 5.73 Å². The van der Waals surface area contributed by atoms with Gasteiger partial charge in [-0.25, -0.2) is 13.4 Å². The van der Waals surface area contributed by atoms with E-state index in [4.69, 9.17) is 10.5 Å². The summed E-state index contributed by atoms with van der Waals surface area (Å²) in [7, 11) is -3.55. The molecule has 2 aliphatic heterocycles. The predicted molar refractivity (Wildman–Crippen MR) is 139 cm³/mol. The van der Waals surface area contributed by atoms with E-state index in [1.807, 2.05) is 18.2 Å². The highest BCUT2D eigenvalue weighted by atomic mass is 32.2. The first-order valence-electron chi connectivity index (χ1n) is 12.2. The quantitative estimate of drug-likeness (QED) is 0.426. The Balaban J connectivity index is 1.18. The van der Waals surface area contributed by atoms with Crippen molar-refractivity contribution in [2.75, 3.05) is 41.8 Å². The summed E-state index contributed by atoms with van der Waals surface area (Å²) in [5, 5.41) is 6.40. The molecule has 3 aromatic rings. The van der Waals surface area contributed by atoms with Crippen LogP contribution < -0.4 is 26.0 Å². The van der Waals surface area contributed by atoms with Gasteiger partial charge in [-0.2, -0.15) is 9.29 Å². The Labute approximate surface area is 214 Å². The fourth-order valence-electron chi connectivity index (χ4n) is 4.66. The molecular formula is C25H27N7O4S. The minimum atomic E-state index is -3.55. The molecule has 37 heavy (non-hydrogen) atoms. The summed E-state index contributed by atoms with van der Waals surface area (Å²) in [6.45, 7) is 1.68. The highest BCUT2D eigenvalue weighted by Gasteiger charge is 2.37. The molecule has 1 saturated carbocycles. The SMILES string of the molecule is NC(=O)c1cnc(Nc2ccc3c(c2)OC[C@H]2CN(S(=O)(=O)c4ccccc4)CCN32)nc1NC1CC1. The summed E-state index contributed by atoms with van der Waals surface area (Å²) >= 11 is 0. The zero-order valence-corrected chi connectivity index (χ0v) is 20.8. The van der Waals surface area contributed by atoms with Gasteiger partial charge in [0.05, 0.1) is 22.2 Å². The number of fused-ring (bicyclic) bond motifs is 3. The highest BCUT2D eigenvalue weighted by Crippen LogP contribution is 2.38. The van der Waals surface area contributed by atoms with Gasteiger partial charge >= 0.3 is 0 Å². The second-order valence-electron chi connectivity index (χ2n) is 9.38. The number of carbonyl (C=O) groups excluding carboxylic acids is 1. The third-order valence-corrected chi connectivity index (χ3v) is 8.63. The Bertz CT molecular complexity index is 1450. The van der Waals surface area contributed by atoms with E-state index in [1.165, 1.54) is 10.5 Å². The minimum absolute atomic E-state index is 0.0840. The van der Waals surface area contributed by atoms with E-state index < -0.39 is 15.9 Å². The van der Waals surface area contributed by atoms with Crippen molar-refractivity contribution in [1.82, 2.24) is 14.3 Å². The molecule has 1 atom stereocenters. The number of rotatable bonds is 7. The number of nitrogens with one attached hydrogen (secondary N) is 2. The fourth-order valence-corrected chi connectivity index (χ4v) is 6.15. The molecule has 6 rings (SSSR count). The number of piperazine rings is 1. The van der Waals surface area contributed by atoms with Gasteiger partial charge in [0, 0.05) is 43.6 Å². The van der Waals surface area contributed by atoms with E-state index in [2.05, 4.69) is 25.5 Å². The number of benzene rings is 2. The predicted octanol–water partition coefficient (Wildman–Crippen LogP) is 2.17. The van der Waals surface area contributed by atoms with Crippen molar-refractivity contribution >= 4 is 39.1 Å². The van der Waals surface area contributed by atoms with Gasteiger partial charge in [0.1, 0.15) is 18.2 Å². The largest absolute Gasteiger partial charge is 0.489 e. The van der Waals surface area contributed by atoms with Crippen LogP contribution in [0.5, 0.6) is 5.75 Å². The summed E-state index contributed by atoms with van der Waals surface area (Å²) in [5.74, 6) is 0.878. The van der Waals surface area contributed by atoms with E-state index >= 15 is 0 Å². The molecule has 1 aromatic heterocycles. The summed E-state index contributed by atoms with van der Waals surface area (Å²) in [6, 6.07) is 14.5. The number of sulfonamides is 1. The topological polar surface area (TPSA) is 143 Å². The van der Waals surface area contributed by atoms with E-state index in [9.17, 15) is 13.2 Å². The van der Waals surface area contributed by atoms with Crippen LogP contribution in [-0.2, 0) is 10.0 Å². The second-order valence-corrected chi connectivity index (χ2v) is 11.3. The van der Waals surface area contributed by atoms with Crippen molar-refractivity contribution in [1.29, 1.82) is 0 Å². The average Bonchev–Trinajstić information content (AvgIpc) is 3.72. The molecule has 11 nitrogen and oxygen atoms in total. The second kappa shape index (κ2) is 9.20. The van der Waals surface area contributed by atoms with E-state index in [1.54, 1.807) is 30.3 Å². The molecule has 2 fully saturated rings. The summed E-state index contributed by atoms with van der Waals surface area (Å²) in [6.07, 6.45) is 3.48. The lowest BCUT2D eigenvalue weighted by atomic mass is 10.1. The van der Waals surface area contributed by atoms with Crippen LogP contribution in [0, 0.1) is 0 Å². The Morgan fingerprint density at radius 3 is 2.68 bits per heavy atom. The van der Waals surface area contributed by atoms with Crippen LogP contribution in [0.3, 0.4) is 0 Å². The molecule has 1 saturated heterocycles. The van der Waals surface area contributed by atoms with Gasteiger partial charge < -0.3 is 26.0 Å². The minimum Gasteiger partial charge on any atom is -0.489 e. The zero-order valence-electron chi connectivity index (χ0n) is 20.0. The number of hydrogen-bond acceptors (Lipinski definition) is 9. The van der Waals surface area contributed by atoms with Gasteiger partial charge in [0.25, 0.3) is 5.91 Å². The molecule has 0 spiro atoms. The lowest BCUT2D eigenvalue weighted by Gasteiger charge is -2.45. The third-order valence-electron chi connectivity index (χ3n) is 6.76. The Morgan fingerprint density at radius 1 is 1.11 bits per heavy atom. The number of hydrogen-bond donors (Lipinski definition) is 3. The number of primary amides is 1. The molecule has 0 unspecified atom stereocenters. The van der Waals surface area contributed by atoms with Crippen molar-refractivity contribution in [3.8, 4) is 5.75 Å². The van der Waals surface area contributed by atoms with Crippen molar-refractivity contribution in [3.63, 3.8) is 0 Å². The van der Waals surface area contributed by atoms with Crippen molar-refractivity contribution < 1.29 is 17.9 Å². The standard InChI is InChI=1S/C25H27N7O4S/c26-23(33)20-13-27-25(30-24(20)28-16-6-7-16)29-17-8-9-21-22(12-17)36-15-18-14-31(10-11-32(18)21)37(34,35)19-4-2-1-3-5-19/h1-5,8-9,12-13,16,18H,6-7,10-11,14-15H2,(H2,26,33)(H2,27,28,29,30)/t18-/m1/s1. The summed E-state index contributed by atoms with van der Waals surface area (Å²) in [5.41, 5.74) is 7.37. The number of nitrogens with two attached hydrogens (primary N) is 1. The number of aromatic nitrogens is 2. The summed E-state index contributed by atoms with van der Waals surface area (Å²) in [4.78, 5) is 22.9. The van der Waals surface area contributed by atoms with E-state index in [0.717, 1.165) is 24.2 Å². The monoisotopic (exact) mass is 521 g/mol. The first kappa shape index (κ1) is 23.5. The maximum Gasteiger partial charge on any atom is 0.254 e. The van der Waals surface area contributed by atoms with Gasteiger partial charge in [0.15, 0.2) is 0 Å². The number of nitrogens with zero attached hydrogens (tertiary/aromatic N) is 4. The molecule has 2 aromatic carbocycles. The van der Waals surface area contributed by atoms with Crippen LogP contribution in [0.1, 0.15) is 23.2 Å². The Hall–Kier alpha value is -3.90.